The van der Waals surface area contributed by atoms with Crippen molar-refractivity contribution < 1.29 is 27.9 Å². The summed E-state index contributed by atoms with van der Waals surface area (Å²) in [6.45, 7) is 3.40. The molecule has 0 saturated heterocycles. The number of carbonyl (C=O) groups excluding carboxylic acids is 1. The quantitative estimate of drug-likeness (QED) is 0.658. The Morgan fingerprint density at radius 2 is 1.84 bits per heavy atom. The van der Waals surface area contributed by atoms with Crippen molar-refractivity contribution in [2.45, 2.75) is 51.4 Å². The third kappa shape index (κ3) is 5.06. The van der Waals surface area contributed by atoms with Crippen LogP contribution in [0, 0.1) is 0 Å². The number of rotatable bonds is 7. The number of hydrogen-bond donors (Lipinski definition) is 3. The fraction of sp³-hybridized carbons (Fsp3) is 0.818. The number of aliphatic carboxylic acids is 1. The van der Waals surface area contributed by atoms with Gasteiger partial charge in [-0.15, -0.1) is 0 Å². The third-order valence-electron chi connectivity index (χ3n) is 2.73. The lowest BCUT2D eigenvalue weighted by atomic mass is 10.0. The Bertz CT molecular complexity index is 334. The summed E-state index contributed by atoms with van der Waals surface area (Å²) in [5.41, 5.74) is -3.14. The van der Waals surface area contributed by atoms with Gasteiger partial charge in [-0.3, -0.25) is 10.1 Å². The van der Waals surface area contributed by atoms with Crippen molar-refractivity contribution in [3.8, 4) is 0 Å². The first-order valence-corrected chi connectivity index (χ1v) is 5.89. The molecule has 8 heteroatoms. The van der Waals surface area contributed by atoms with Gasteiger partial charge in [0.25, 0.3) is 0 Å². The molecule has 0 radical (unpaired) electrons. The second kappa shape index (κ2) is 6.74. The smallest absolute Gasteiger partial charge is 0.417 e. The lowest BCUT2D eigenvalue weighted by molar-refractivity contribution is -0.205. The highest BCUT2D eigenvalue weighted by atomic mass is 19.4. The summed E-state index contributed by atoms with van der Waals surface area (Å²) in [4.78, 5) is 22.1. The largest absolute Gasteiger partial charge is 0.480 e. The summed E-state index contributed by atoms with van der Waals surface area (Å²) in [6.07, 6.45) is -3.47. The van der Waals surface area contributed by atoms with Gasteiger partial charge in [-0.25, -0.2) is 4.79 Å². The minimum absolute atomic E-state index is 0.165. The Kier molecular flexibility index (Phi) is 6.28. The standard InChI is InChI=1S/C11H19F3N2O3/c1-4-5-7(2)16-8(17)6-15-10(3,9(18)19)11(12,13)14/h7,15H,4-6H2,1-3H3,(H,16,17)(H,18,19). The van der Waals surface area contributed by atoms with Gasteiger partial charge in [-0.05, 0) is 20.3 Å². The van der Waals surface area contributed by atoms with Crippen molar-refractivity contribution in [2.75, 3.05) is 6.54 Å². The molecule has 0 bridgehead atoms. The second-order valence-corrected chi connectivity index (χ2v) is 4.54. The number of carboxylic acids is 1. The predicted molar refractivity (Wildman–Crippen MR) is 62.6 cm³/mol. The monoisotopic (exact) mass is 284 g/mol. The number of carboxylic acid groups (broad SMARTS) is 1. The highest BCUT2D eigenvalue weighted by Gasteiger charge is 2.57. The SMILES string of the molecule is CCCC(C)NC(=O)CNC(C)(C(=O)O)C(F)(F)F. The van der Waals surface area contributed by atoms with Crippen LogP contribution in [0.4, 0.5) is 13.2 Å². The first kappa shape index (κ1) is 17.7. The Balaban J connectivity index is 4.51. The number of carbonyl (C=O) groups is 2. The van der Waals surface area contributed by atoms with E-state index in [-0.39, 0.29) is 6.04 Å². The minimum atomic E-state index is -4.99. The fourth-order valence-electron chi connectivity index (χ4n) is 1.39. The van der Waals surface area contributed by atoms with E-state index in [4.69, 9.17) is 5.11 Å². The zero-order valence-electron chi connectivity index (χ0n) is 11.1. The van der Waals surface area contributed by atoms with Gasteiger partial charge in [-0.1, -0.05) is 13.3 Å². The molecule has 0 aliphatic rings. The summed E-state index contributed by atoms with van der Waals surface area (Å²) in [5.74, 6) is -2.74. The lowest BCUT2D eigenvalue weighted by Gasteiger charge is -2.28. The van der Waals surface area contributed by atoms with E-state index < -0.39 is 30.1 Å². The molecule has 0 aliphatic carbocycles. The van der Waals surface area contributed by atoms with Crippen molar-refractivity contribution in [1.82, 2.24) is 10.6 Å². The number of hydrogen-bond acceptors (Lipinski definition) is 3. The van der Waals surface area contributed by atoms with E-state index in [0.29, 0.717) is 13.3 Å². The van der Waals surface area contributed by atoms with E-state index in [2.05, 4.69) is 5.32 Å². The van der Waals surface area contributed by atoms with E-state index in [1.165, 1.54) is 0 Å². The van der Waals surface area contributed by atoms with Crippen molar-refractivity contribution >= 4 is 11.9 Å². The van der Waals surface area contributed by atoms with Crippen molar-refractivity contribution in [2.24, 2.45) is 0 Å². The first-order valence-electron chi connectivity index (χ1n) is 5.89. The topological polar surface area (TPSA) is 78.4 Å². The molecular weight excluding hydrogens is 265 g/mol. The highest BCUT2D eigenvalue weighted by molar-refractivity contribution is 5.82. The zero-order chi connectivity index (χ0) is 15.3. The molecule has 1 amide bonds. The minimum Gasteiger partial charge on any atom is -0.480 e. The van der Waals surface area contributed by atoms with Gasteiger partial charge in [0.05, 0.1) is 6.54 Å². The summed E-state index contributed by atoms with van der Waals surface area (Å²) in [7, 11) is 0. The van der Waals surface area contributed by atoms with E-state index in [0.717, 1.165) is 6.42 Å². The molecule has 0 rings (SSSR count). The Morgan fingerprint density at radius 1 is 1.32 bits per heavy atom. The van der Waals surface area contributed by atoms with E-state index in [1.807, 2.05) is 6.92 Å². The van der Waals surface area contributed by atoms with E-state index in [1.54, 1.807) is 12.2 Å². The van der Waals surface area contributed by atoms with Crippen LogP contribution in [0.1, 0.15) is 33.6 Å². The van der Waals surface area contributed by atoms with Crippen LogP contribution < -0.4 is 10.6 Å². The number of halogens is 3. The predicted octanol–water partition coefficient (Wildman–Crippen LogP) is 1.29. The van der Waals surface area contributed by atoms with Gasteiger partial charge < -0.3 is 10.4 Å². The molecule has 0 aromatic rings. The highest BCUT2D eigenvalue weighted by Crippen LogP contribution is 2.30. The molecule has 112 valence electrons. The number of alkyl halides is 3. The molecule has 3 N–H and O–H groups in total. The van der Waals surface area contributed by atoms with Gasteiger partial charge in [0.15, 0.2) is 0 Å². The zero-order valence-corrected chi connectivity index (χ0v) is 11.1. The van der Waals surface area contributed by atoms with Crippen molar-refractivity contribution in [3.05, 3.63) is 0 Å². The van der Waals surface area contributed by atoms with Gasteiger partial charge in [0.2, 0.25) is 11.4 Å². The Hall–Kier alpha value is -1.31. The molecule has 0 spiro atoms. The Morgan fingerprint density at radius 3 is 2.21 bits per heavy atom. The summed E-state index contributed by atoms with van der Waals surface area (Å²) in [6, 6.07) is -0.165. The molecule has 0 aromatic carbocycles. The van der Waals surface area contributed by atoms with Gasteiger partial charge in [0.1, 0.15) is 0 Å². The van der Waals surface area contributed by atoms with Crippen LogP contribution in [0.2, 0.25) is 0 Å². The molecule has 5 nitrogen and oxygen atoms in total. The molecule has 0 aliphatic heterocycles. The second-order valence-electron chi connectivity index (χ2n) is 4.54. The fourth-order valence-corrected chi connectivity index (χ4v) is 1.39. The van der Waals surface area contributed by atoms with Gasteiger partial charge >= 0.3 is 12.1 Å². The lowest BCUT2D eigenvalue weighted by Crippen LogP contribution is -2.62. The van der Waals surface area contributed by atoms with Crippen LogP contribution in [0.3, 0.4) is 0 Å². The van der Waals surface area contributed by atoms with Crippen LogP contribution in [0.5, 0.6) is 0 Å². The summed E-state index contributed by atoms with van der Waals surface area (Å²) < 4.78 is 37.8. The molecule has 19 heavy (non-hydrogen) atoms. The van der Waals surface area contributed by atoms with Crippen LogP contribution in [0.15, 0.2) is 0 Å². The molecule has 0 fully saturated rings. The van der Waals surface area contributed by atoms with Gasteiger partial charge in [-0.2, -0.15) is 13.2 Å². The Labute approximate surface area is 109 Å². The van der Waals surface area contributed by atoms with Crippen molar-refractivity contribution in [1.29, 1.82) is 0 Å². The van der Waals surface area contributed by atoms with Crippen LogP contribution in [-0.2, 0) is 9.59 Å². The summed E-state index contributed by atoms with van der Waals surface area (Å²) >= 11 is 0. The van der Waals surface area contributed by atoms with Crippen molar-refractivity contribution in [3.63, 3.8) is 0 Å². The van der Waals surface area contributed by atoms with Crippen LogP contribution >= 0.6 is 0 Å². The maximum Gasteiger partial charge on any atom is 0.417 e. The maximum atomic E-state index is 12.6. The molecule has 2 unspecified atom stereocenters. The molecule has 2 atom stereocenters. The van der Waals surface area contributed by atoms with Crippen LogP contribution in [-0.4, -0.2) is 41.3 Å². The molecule has 0 saturated carbocycles. The number of nitrogens with one attached hydrogen (secondary N) is 2. The van der Waals surface area contributed by atoms with Gasteiger partial charge in [0, 0.05) is 6.04 Å². The number of amides is 1. The summed E-state index contributed by atoms with van der Waals surface area (Å²) in [5, 5.41) is 12.9. The first-order chi connectivity index (χ1) is 8.54. The molecule has 0 aromatic heterocycles. The van der Waals surface area contributed by atoms with E-state index in [9.17, 15) is 22.8 Å². The molecule has 0 heterocycles. The normalized spacial score (nSPS) is 16.5. The van der Waals surface area contributed by atoms with E-state index >= 15 is 0 Å². The molecular formula is C11H19F3N2O3. The van der Waals surface area contributed by atoms with Crippen LogP contribution in [0.25, 0.3) is 0 Å². The maximum absolute atomic E-state index is 12.6. The average Bonchev–Trinajstić information content (AvgIpc) is 2.24. The average molecular weight is 284 g/mol. The third-order valence-corrected chi connectivity index (χ3v) is 2.73.